The first-order valence-corrected chi connectivity index (χ1v) is 8.06. The summed E-state index contributed by atoms with van der Waals surface area (Å²) in [5.41, 5.74) is 1.11. The average molecular weight is 296 g/mol. The van der Waals surface area contributed by atoms with Crippen LogP contribution in [-0.4, -0.2) is 55.1 Å². The lowest BCUT2D eigenvalue weighted by Gasteiger charge is -2.26. The lowest BCUT2D eigenvalue weighted by atomic mass is 10.2. The number of nitrogens with one attached hydrogen (secondary N) is 1. The summed E-state index contributed by atoms with van der Waals surface area (Å²) < 4.78 is 0. The molecule has 112 valence electrons. The van der Waals surface area contributed by atoms with Crippen LogP contribution < -0.4 is 5.32 Å². The molecule has 0 spiro atoms. The number of hydrogen-bond donors (Lipinski definition) is 1. The minimum Gasteiger partial charge on any atom is -0.384 e. The second-order valence-corrected chi connectivity index (χ2v) is 5.84. The summed E-state index contributed by atoms with van der Waals surface area (Å²) in [5, 5.41) is 4.23. The van der Waals surface area contributed by atoms with E-state index in [0.29, 0.717) is 0 Å². The second kappa shape index (κ2) is 7.87. The van der Waals surface area contributed by atoms with Gasteiger partial charge in [0, 0.05) is 36.4 Å². The number of hydrogen-bond acceptors (Lipinski definition) is 3. The van der Waals surface area contributed by atoms with Crippen molar-refractivity contribution in [1.29, 1.82) is 0 Å². The van der Waals surface area contributed by atoms with E-state index in [0.717, 1.165) is 42.9 Å². The van der Waals surface area contributed by atoms with Crippen LogP contribution in [0.1, 0.15) is 20.3 Å². The molecule has 0 saturated carbocycles. The minimum atomic E-state index is 0.746. The number of anilines is 1. The number of benzene rings is 1. The molecule has 1 aromatic carbocycles. The fourth-order valence-electron chi connectivity index (χ4n) is 3.01. The van der Waals surface area contributed by atoms with Gasteiger partial charge in [0.1, 0.15) is 0 Å². The van der Waals surface area contributed by atoms with Gasteiger partial charge in [-0.2, -0.15) is 0 Å². The van der Waals surface area contributed by atoms with Crippen LogP contribution in [0, 0.1) is 0 Å². The van der Waals surface area contributed by atoms with Gasteiger partial charge in [-0.1, -0.05) is 31.5 Å². The predicted octanol–water partition coefficient (Wildman–Crippen LogP) is 3.17. The van der Waals surface area contributed by atoms with Gasteiger partial charge in [0.25, 0.3) is 0 Å². The van der Waals surface area contributed by atoms with E-state index in [2.05, 4.69) is 35.0 Å². The van der Waals surface area contributed by atoms with Gasteiger partial charge >= 0.3 is 0 Å². The van der Waals surface area contributed by atoms with Crippen molar-refractivity contribution in [1.82, 2.24) is 9.80 Å². The van der Waals surface area contributed by atoms with Crippen LogP contribution >= 0.6 is 11.6 Å². The van der Waals surface area contributed by atoms with Gasteiger partial charge in [-0.05, 0) is 44.3 Å². The van der Waals surface area contributed by atoms with Crippen molar-refractivity contribution in [2.24, 2.45) is 0 Å². The smallest absolute Gasteiger partial charge is 0.0426 e. The Labute approximate surface area is 127 Å². The van der Waals surface area contributed by atoms with Crippen LogP contribution in [0.5, 0.6) is 0 Å². The van der Waals surface area contributed by atoms with Crippen LogP contribution in [0.2, 0.25) is 5.02 Å². The van der Waals surface area contributed by atoms with Crippen LogP contribution in [0.4, 0.5) is 5.69 Å². The van der Waals surface area contributed by atoms with Crippen molar-refractivity contribution < 1.29 is 0 Å². The third-order valence-corrected chi connectivity index (χ3v) is 4.39. The number of rotatable bonds is 7. The molecule has 1 saturated heterocycles. The molecule has 1 atom stereocenters. The first-order valence-electron chi connectivity index (χ1n) is 7.68. The normalized spacial score (nSPS) is 19.7. The lowest BCUT2D eigenvalue weighted by Crippen LogP contribution is -2.38. The highest BCUT2D eigenvalue weighted by molar-refractivity contribution is 6.30. The van der Waals surface area contributed by atoms with Crippen molar-refractivity contribution in [2.45, 2.75) is 26.3 Å². The largest absolute Gasteiger partial charge is 0.384 e. The monoisotopic (exact) mass is 295 g/mol. The fraction of sp³-hybridized carbons (Fsp3) is 0.625. The Morgan fingerprint density at radius 2 is 2.15 bits per heavy atom. The summed E-state index contributed by atoms with van der Waals surface area (Å²) in [6.07, 6.45) is 1.30. The summed E-state index contributed by atoms with van der Waals surface area (Å²) >= 11 is 5.98. The first kappa shape index (κ1) is 15.6. The summed E-state index contributed by atoms with van der Waals surface area (Å²) in [6, 6.07) is 8.67. The highest BCUT2D eigenvalue weighted by Crippen LogP contribution is 2.16. The van der Waals surface area contributed by atoms with Gasteiger partial charge in [-0.25, -0.2) is 0 Å². The molecular weight excluding hydrogens is 270 g/mol. The molecule has 1 aromatic rings. The van der Waals surface area contributed by atoms with E-state index in [9.17, 15) is 0 Å². The zero-order chi connectivity index (χ0) is 14.4. The Morgan fingerprint density at radius 3 is 2.85 bits per heavy atom. The Hall–Kier alpha value is -0.770. The Kier molecular flexibility index (Phi) is 6.14. The fourth-order valence-corrected chi connectivity index (χ4v) is 3.20. The summed E-state index contributed by atoms with van der Waals surface area (Å²) in [5.74, 6) is 0. The van der Waals surface area contributed by atoms with E-state index >= 15 is 0 Å². The molecule has 1 fully saturated rings. The van der Waals surface area contributed by atoms with E-state index in [1.54, 1.807) is 0 Å². The summed E-state index contributed by atoms with van der Waals surface area (Å²) in [6.45, 7) is 11.3. The van der Waals surface area contributed by atoms with E-state index in [1.807, 2.05) is 18.2 Å². The van der Waals surface area contributed by atoms with Gasteiger partial charge in [0.2, 0.25) is 0 Å². The summed E-state index contributed by atoms with van der Waals surface area (Å²) in [7, 11) is 0. The van der Waals surface area contributed by atoms with Gasteiger partial charge in [-0.3, -0.25) is 9.80 Å². The molecule has 0 amide bonds. The van der Waals surface area contributed by atoms with Gasteiger partial charge < -0.3 is 5.32 Å². The average Bonchev–Trinajstić information content (AvgIpc) is 2.89. The van der Waals surface area contributed by atoms with E-state index in [4.69, 9.17) is 11.6 Å². The van der Waals surface area contributed by atoms with Gasteiger partial charge in [-0.15, -0.1) is 0 Å². The topological polar surface area (TPSA) is 18.5 Å². The van der Waals surface area contributed by atoms with E-state index in [1.165, 1.54) is 19.5 Å². The number of nitrogens with zero attached hydrogens (tertiary/aromatic N) is 2. The van der Waals surface area contributed by atoms with Crippen molar-refractivity contribution in [3.8, 4) is 0 Å². The standard InChI is InChI=1S/C16H26ClN3/c1-3-20(4-2)16-8-10-19(13-16)11-9-18-15-7-5-6-14(17)12-15/h5-7,12,16,18H,3-4,8-11,13H2,1-2H3. The van der Waals surface area contributed by atoms with Crippen LogP contribution in [0.25, 0.3) is 0 Å². The van der Waals surface area contributed by atoms with Crippen molar-refractivity contribution in [3.05, 3.63) is 29.3 Å². The van der Waals surface area contributed by atoms with Crippen molar-refractivity contribution in [3.63, 3.8) is 0 Å². The van der Waals surface area contributed by atoms with Crippen LogP contribution in [0.3, 0.4) is 0 Å². The van der Waals surface area contributed by atoms with Crippen molar-refractivity contribution >= 4 is 17.3 Å². The quantitative estimate of drug-likeness (QED) is 0.833. The molecule has 1 aliphatic heterocycles. The Bertz CT molecular complexity index is 406. The van der Waals surface area contributed by atoms with E-state index in [-0.39, 0.29) is 0 Å². The maximum absolute atomic E-state index is 5.98. The highest BCUT2D eigenvalue weighted by Gasteiger charge is 2.25. The van der Waals surface area contributed by atoms with Gasteiger partial charge in [0.15, 0.2) is 0 Å². The molecule has 0 radical (unpaired) electrons. The first-order chi connectivity index (χ1) is 9.72. The lowest BCUT2D eigenvalue weighted by molar-refractivity contribution is 0.212. The molecular formula is C16H26ClN3. The number of halogens is 1. The van der Waals surface area contributed by atoms with Crippen LogP contribution in [-0.2, 0) is 0 Å². The third kappa shape index (κ3) is 4.37. The molecule has 4 heteroatoms. The molecule has 1 heterocycles. The molecule has 0 aliphatic carbocycles. The van der Waals surface area contributed by atoms with Crippen molar-refractivity contribution in [2.75, 3.05) is 44.6 Å². The van der Waals surface area contributed by atoms with Gasteiger partial charge in [0.05, 0.1) is 0 Å². The predicted molar refractivity (Wildman–Crippen MR) is 87.7 cm³/mol. The molecule has 20 heavy (non-hydrogen) atoms. The molecule has 0 bridgehead atoms. The zero-order valence-electron chi connectivity index (χ0n) is 12.6. The molecule has 1 N–H and O–H groups in total. The zero-order valence-corrected chi connectivity index (χ0v) is 13.4. The highest BCUT2D eigenvalue weighted by atomic mass is 35.5. The Morgan fingerprint density at radius 1 is 1.35 bits per heavy atom. The maximum atomic E-state index is 5.98. The third-order valence-electron chi connectivity index (χ3n) is 4.16. The molecule has 2 rings (SSSR count). The Balaban J connectivity index is 1.71. The summed E-state index contributed by atoms with van der Waals surface area (Å²) in [4.78, 5) is 5.13. The molecule has 0 aromatic heterocycles. The minimum absolute atomic E-state index is 0.746. The maximum Gasteiger partial charge on any atom is 0.0426 e. The number of likely N-dealkylation sites (N-methyl/N-ethyl adjacent to an activating group) is 1. The second-order valence-electron chi connectivity index (χ2n) is 5.40. The SMILES string of the molecule is CCN(CC)C1CCN(CCNc2cccc(Cl)c2)C1. The van der Waals surface area contributed by atoms with Crippen LogP contribution in [0.15, 0.2) is 24.3 Å². The molecule has 3 nitrogen and oxygen atoms in total. The number of likely N-dealkylation sites (tertiary alicyclic amines) is 1. The molecule has 1 aliphatic rings. The van der Waals surface area contributed by atoms with E-state index < -0.39 is 0 Å². The molecule has 1 unspecified atom stereocenters.